The van der Waals surface area contributed by atoms with E-state index in [0.29, 0.717) is 70.3 Å². The number of benzene rings is 2. The van der Waals surface area contributed by atoms with Crippen LogP contribution in [0.2, 0.25) is 5.02 Å². The molecule has 0 radical (unpaired) electrons. The molecule has 0 bridgehead atoms. The number of carbonyl (C=O) groups excluding carboxylic acids is 3. The summed E-state index contributed by atoms with van der Waals surface area (Å²) in [5, 5.41) is 9.71. The first-order chi connectivity index (χ1) is 28.9. The summed E-state index contributed by atoms with van der Waals surface area (Å²) in [7, 11) is 1.61. The Morgan fingerprint density at radius 2 is 1.78 bits per heavy atom. The van der Waals surface area contributed by atoms with Crippen molar-refractivity contribution in [2.45, 2.75) is 56.4 Å². The van der Waals surface area contributed by atoms with Crippen molar-refractivity contribution in [1.82, 2.24) is 29.7 Å². The molecule has 1 unspecified atom stereocenters. The van der Waals surface area contributed by atoms with Gasteiger partial charge < -0.3 is 29.7 Å². The molecule has 314 valence electrons. The van der Waals surface area contributed by atoms with Crippen LogP contribution in [0, 0.1) is 17.3 Å². The molecule has 17 heteroatoms. The Bertz CT molecular complexity index is 2480. The summed E-state index contributed by atoms with van der Waals surface area (Å²) in [6.45, 7) is 4.41. The molecule has 3 amide bonds. The van der Waals surface area contributed by atoms with Gasteiger partial charge in [0, 0.05) is 75.9 Å². The second kappa shape index (κ2) is 14.7. The number of anilines is 4. The highest BCUT2D eigenvalue weighted by atomic mass is 35.5. The Morgan fingerprint density at radius 3 is 2.52 bits per heavy atom. The number of hydrogen-bond acceptors (Lipinski definition) is 11. The molecule has 5 fully saturated rings. The van der Waals surface area contributed by atoms with E-state index >= 15 is 8.78 Å². The lowest BCUT2D eigenvalue weighted by Crippen LogP contribution is -2.50. The number of rotatable bonds is 8. The highest BCUT2D eigenvalue weighted by Crippen LogP contribution is 2.79. The number of alkyl halides is 2. The molecule has 4 aliphatic heterocycles. The Labute approximate surface area is 349 Å². The summed E-state index contributed by atoms with van der Waals surface area (Å²) < 4.78 is 37.8. The lowest BCUT2D eigenvalue weighted by molar-refractivity contribution is -0.134. The number of amides is 3. The summed E-state index contributed by atoms with van der Waals surface area (Å²) in [5.74, 6) is -2.57. The lowest BCUT2D eigenvalue weighted by atomic mass is 9.89. The summed E-state index contributed by atoms with van der Waals surface area (Å²) in [6, 6.07) is 11.5. The van der Waals surface area contributed by atoms with Crippen LogP contribution in [0.3, 0.4) is 0 Å². The smallest absolute Gasteiger partial charge is 0.301 e. The third-order valence-electron chi connectivity index (χ3n) is 13.6. The SMILES string of the molecule is Cn1c(=O)c2c(c3cc(Nc4nc(N5CCC(CN6CCN(C(=O)c7cccc(C8CCC(=O)NC8=O)c7)CC6)CC5)ncc4Cl)ccc31)N[C@@H](C13CC1C3)C(F)(F)CO2. The molecule has 4 aromatic rings. The molecule has 6 heterocycles. The molecule has 6 aliphatic rings. The predicted octanol–water partition coefficient (Wildman–Crippen LogP) is 5.14. The molecule has 2 aromatic heterocycles. The van der Waals surface area contributed by atoms with Crippen LogP contribution in [-0.2, 0) is 16.6 Å². The number of aromatic nitrogens is 3. The number of pyridine rings is 1. The lowest BCUT2D eigenvalue weighted by Gasteiger charge is -2.39. The number of nitrogens with zero attached hydrogens (tertiary/aromatic N) is 6. The van der Waals surface area contributed by atoms with Crippen LogP contribution in [0.4, 0.5) is 31.9 Å². The first-order valence-electron chi connectivity index (χ1n) is 20.8. The molecule has 14 nitrogen and oxygen atoms in total. The van der Waals surface area contributed by atoms with Gasteiger partial charge in [-0.3, -0.25) is 29.4 Å². The average Bonchev–Trinajstić information content (AvgIpc) is 4.14. The maximum atomic E-state index is 15.4. The second-order valence-corrected chi connectivity index (χ2v) is 17.8. The summed E-state index contributed by atoms with van der Waals surface area (Å²) in [6.07, 6.45) is 5.72. The number of carbonyl (C=O) groups is 3. The van der Waals surface area contributed by atoms with Crippen LogP contribution in [-0.4, -0.2) is 106 Å². The summed E-state index contributed by atoms with van der Waals surface area (Å²) in [5.41, 5.74) is 1.87. The van der Waals surface area contributed by atoms with E-state index in [0.717, 1.165) is 64.0 Å². The van der Waals surface area contributed by atoms with Crippen LogP contribution in [0.25, 0.3) is 10.9 Å². The van der Waals surface area contributed by atoms with Gasteiger partial charge in [-0.15, -0.1) is 0 Å². The molecule has 3 saturated heterocycles. The third kappa shape index (κ3) is 7.00. The van der Waals surface area contributed by atoms with Crippen LogP contribution in [0.15, 0.2) is 53.5 Å². The third-order valence-corrected chi connectivity index (χ3v) is 13.9. The minimum Gasteiger partial charge on any atom is -0.480 e. The van der Waals surface area contributed by atoms with Gasteiger partial charge in [-0.25, -0.2) is 13.8 Å². The molecule has 10 rings (SSSR count). The quantitative estimate of drug-likeness (QED) is 0.202. The zero-order valence-corrected chi connectivity index (χ0v) is 33.9. The van der Waals surface area contributed by atoms with E-state index in [1.807, 2.05) is 11.0 Å². The minimum atomic E-state index is -3.13. The normalized spacial score (nSPS) is 26.3. The van der Waals surface area contributed by atoms with Crippen molar-refractivity contribution < 1.29 is 27.9 Å². The number of ether oxygens (including phenoxy) is 1. The van der Waals surface area contributed by atoms with E-state index in [1.54, 1.807) is 49.6 Å². The second-order valence-electron chi connectivity index (χ2n) is 17.4. The van der Waals surface area contributed by atoms with Gasteiger partial charge in [0.2, 0.25) is 23.5 Å². The van der Waals surface area contributed by atoms with E-state index < -0.39 is 35.5 Å². The van der Waals surface area contributed by atoms with Crippen molar-refractivity contribution in [1.29, 1.82) is 0 Å². The van der Waals surface area contributed by atoms with Crippen molar-refractivity contribution in [3.63, 3.8) is 0 Å². The van der Waals surface area contributed by atoms with Gasteiger partial charge in [-0.05, 0) is 85.3 Å². The van der Waals surface area contributed by atoms with Crippen LogP contribution >= 0.6 is 11.6 Å². The molecule has 60 heavy (non-hydrogen) atoms. The molecule has 2 saturated carbocycles. The minimum absolute atomic E-state index is 0.0484. The number of imide groups is 1. The number of halogens is 3. The van der Waals surface area contributed by atoms with E-state index in [4.69, 9.17) is 21.3 Å². The molecule has 3 N–H and O–H groups in total. The number of nitrogens with one attached hydrogen (secondary N) is 3. The van der Waals surface area contributed by atoms with Crippen LogP contribution in [0.5, 0.6) is 5.75 Å². The first-order valence-corrected chi connectivity index (χ1v) is 21.2. The fourth-order valence-electron chi connectivity index (χ4n) is 9.78. The molecule has 2 aliphatic carbocycles. The van der Waals surface area contributed by atoms with Gasteiger partial charge in [-0.2, -0.15) is 4.98 Å². The maximum absolute atomic E-state index is 15.4. The maximum Gasteiger partial charge on any atom is 0.301 e. The molecular formula is C43H46ClF2N9O5. The standard InChI is InChI=1S/C43H46ClF2N9O5/c1-52-32-7-5-28(18-30(32)34-35(39(52)59)60-23-43(45,46)40(50-34)42-19-27(42)20-42)48-36-31(44)21-47-41(51-36)55-11-9-24(10-12-55)22-53-13-15-54(16-14-53)38(58)26-4-2-3-25(17-26)29-6-8-33(56)49-37(29)57/h2-5,7,17-18,21,24,27,29,40,50H,6,8-16,19-20,22-23H2,1H3,(H,47,48,51)(H,49,56,57)/t27?,29?,40-,42?/m0/s1. The van der Waals surface area contributed by atoms with Gasteiger partial charge in [0.05, 0.1) is 29.4 Å². The highest BCUT2D eigenvalue weighted by Gasteiger charge is 2.77. The van der Waals surface area contributed by atoms with Crippen LogP contribution in [0.1, 0.15) is 60.4 Å². The van der Waals surface area contributed by atoms with Crippen molar-refractivity contribution >= 4 is 63.4 Å². The Morgan fingerprint density at radius 1 is 1.02 bits per heavy atom. The predicted molar refractivity (Wildman–Crippen MR) is 221 cm³/mol. The van der Waals surface area contributed by atoms with Gasteiger partial charge in [0.15, 0.2) is 12.4 Å². The van der Waals surface area contributed by atoms with Crippen molar-refractivity contribution in [3.8, 4) is 5.75 Å². The Kier molecular flexibility index (Phi) is 9.50. The number of fused-ring (bicyclic) bond motifs is 4. The fraction of sp³-hybridized carbons (Fsp3) is 0.488. The van der Waals surface area contributed by atoms with Gasteiger partial charge in [-0.1, -0.05) is 23.7 Å². The zero-order chi connectivity index (χ0) is 41.5. The largest absolute Gasteiger partial charge is 0.480 e. The number of aryl methyl sites for hydroxylation is 1. The highest BCUT2D eigenvalue weighted by molar-refractivity contribution is 6.33. The molecular weight excluding hydrogens is 796 g/mol. The van der Waals surface area contributed by atoms with Gasteiger partial charge in [0.1, 0.15) is 5.02 Å². The summed E-state index contributed by atoms with van der Waals surface area (Å²) >= 11 is 6.62. The monoisotopic (exact) mass is 841 g/mol. The van der Waals surface area contributed by atoms with Crippen molar-refractivity contribution in [3.05, 3.63) is 75.2 Å². The van der Waals surface area contributed by atoms with Crippen molar-refractivity contribution in [2.75, 3.05) is 68.0 Å². The van der Waals surface area contributed by atoms with E-state index in [9.17, 15) is 19.2 Å². The van der Waals surface area contributed by atoms with Gasteiger partial charge in [0.25, 0.3) is 11.5 Å². The van der Waals surface area contributed by atoms with E-state index in [2.05, 4.69) is 30.7 Å². The zero-order valence-electron chi connectivity index (χ0n) is 33.2. The average molecular weight is 842 g/mol. The molecule has 2 atom stereocenters. The number of piperazine rings is 1. The topological polar surface area (TPSA) is 154 Å². The van der Waals surface area contributed by atoms with Crippen LogP contribution < -0.4 is 31.1 Å². The van der Waals surface area contributed by atoms with Crippen molar-refractivity contribution in [2.24, 2.45) is 24.3 Å². The van der Waals surface area contributed by atoms with E-state index in [1.165, 1.54) is 4.57 Å². The fourth-order valence-corrected chi connectivity index (χ4v) is 9.92. The Hall–Kier alpha value is -5.35. The Balaban J connectivity index is 0.760. The van der Waals surface area contributed by atoms with Gasteiger partial charge >= 0.3 is 5.92 Å². The first kappa shape index (κ1) is 38.8. The van der Waals surface area contributed by atoms with E-state index in [-0.39, 0.29) is 35.6 Å². The number of piperidine rings is 2. The molecule has 0 spiro atoms. The molecule has 2 aromatic carbocycles. The summed E-state index contributed by atoms with van der Waals surface area (Å²) in [4.78, 5) is 66.6. The number of hydrogen-bond donors (Lipinski definition) is 3.